The Labute approximate surface area is 195 Å². The fraction of sp³-hybridized carbons (Fsp3) is 0.346. The van der Waals surface area contributed by atoms with Gasteiger partial charge in [0.15, 0.2) is 5.82 Å². The number of nitrogens with one attached hydrogen (secondary N) is 2. The predicted octanol–water partition coefficient (Wildman–Crippen LogP) is 5.64. The summed E-state index contributed by atoms with van der Waals surface area (Å²) in [6.07, 6.45) is 7.61. The molecular weight excluding hydrogens is 414 g/mol. The molecule has 0 spiro atoms. The van der Waals surface area contributed by atoms with Crippen LogP contribution in [0, 0.1) is 0 Å². The van der Waals surface area contributed by atoms with Crippen LogP contribution in [0.15, 0.2) is 60.8 Å². The van der Waals surface area contributed by atoms with E-state index in [-0.39, 0.29) is 5.91 Å². The van der Waals surface area contributed by atoms with Crippen LogP contribution in [0.25, 0.3) is 0 Å². The van der Waals surface area contributed by atoms with Crippen LogP contribution in [0.5, 0.6) is 5.75 Å². The van der Waals surface area contributed by atoms with Gasteiger partial charge >= 0.3 is 0 Å². The molecule has 0 radical (unpaired) electrons. The molecule has 7 nitrogen and oxygen atoms in total. The van der Waals surface area contributed by atoms with Crippen molar-refractivity contribution in [2.45, 2.75) is 39.0 Å². The number of amides is 1. The molecule has 3 aromatic rings. The van der Waals surface area contributed by atoms with Crippen molar-refractivity contribution in [1.82, 2.24) is 10.2 Å². The van der Waals surface area contributed by atoms with Crippen LogP contribution >= 0.6 is 0 Å². The van der Waals surface area contributed by atoms with Crippen LogP contribution in [0.4, 0.5) is 22.9 Å². The molecule has 1 aliphatic rings. The van der Waals surface area contributed by atoms with Crippen LogP contribution < -0.4 is 20.3 Å². The maximum atomic E-state index is 12.6. The Bertz CT molecular complexity index is 1030. The molecule has 0 aliphatic carbocycles. The molecule has 2 aromatic carbocycles. The lowest BCUT2D eigenvalue weighted by Gasteiger charge is -2.17. The molecule has 2 heterocycles. The Morgan fingerprint density at radius 2 is 1.73 bits per heavy atom. The third-order valence-electron chi connectivity index (χ3n) is 5.66. The molecule has 1 aromatic heterocycles. The van der Waals surface area contributed by atoms with E-state index in [1.165, 1.54) is 19.3 Å². The van der Waals surface area contributed by atoms with Crippen molar-refractivity contribution in [3.8, 4) is 5.75 Å². The highest BCUT2D eigenvalue weighted by atomic mass is 16.5. The number of anilines is 4. The summed E-state index contributed by atoms with van der Waals surface area (Å²) in [5, 5.41) is 14.5. The van der Waals surface area contributed by atoms with E-state index in [2.05, 4.69) is 32.7 Å². The Balaban J connectivity index is 1.30. The van der Waals surface area contributed by atoms with Gasteiger partial charge in [-0.1, -0.05) is 19.8 Å². The quantitative estimate of drug-likeness (QED) is 0.393. The van der Waals surface area contributed by atoms with Crippen LogP contribution in [-0.2, 0) is 0 Å². The molecule has 0 saturated carbocycles. The number of carbonyl (C=O) groups excluding carboxylic acids is 1. The highest BCUT2D eigenvalue weighted by Gasteiger charge is 2.13. The van der Waals surface area contributed by atoms with E-state index in [4.69, 9.17) is 4.74 Å². The van der Waals surface area contributed by atoms with Crippen molar-refractivity contribution in [2.24, 2.45) is 0 Å². The summed E-state index contributed by atoms with van der Waals surface area (Å²) in [7, 11) is 0. The van der Waals surface area contributed by atoms with Crippen molar-refractivity contribution in [3.05, 3.63) is 66.4 Å². The molecule has 1 fully saturated rings. The fourth-order valence-electron chi connectivity index (χ4n) is 3.80. The Hall–Kier alpha value is -3.61. The number of carbonyl (C=O) groups is 1. The first-order valence-electron chi connectivity index (χ1n) is 11.7. The lowest BCUT2D eigenvalue weighted by atomic mass is 10.2. The minimum Gasteiger partial charge on any atom is -0.494 e. The standard InChI is InChI=1S/C26H31N5O2/c1-2-3-6-17-33-24-13-7-20(8-14-24)26(32)29-22-11-9-21(10-12-22)28-25-18-23(19-27-30-25)31-15-4-5-16-31/h7-14,18-19H,2-6,15-17H2,1H3,(H,28,30)(H,29,32). The van der Waals surface area contributed by atoms with Gasteiger partial charge in [-0.15, -0.1) is 5.10 Å². The maximum absolute atomic E-state index is 12.6. The van der Waals surface area contributed by atoms with Crippen molar-refractivity contribution in [3.63, 3.8) is 0 Å². The summed E-state index contributed by atoms with van der Waals surface area (Å²) < 4.78 is 5.71. The first-order chi connectivity index (χ1) is 16.2. The predicted molar refractivity (Wildman–Crippen MR) is 133 cm³/mol. The number of hydrogen-bond acceptors (Lipinski definition) is 6. The summed E-state index contributed by atoms with van der Waals surface area (Å²) >= 11 is 0. The minimum absolute atomic E-state index is 0.155. The number of unbranched alkanes of at least 4 members (excludes halogenated alkanes) is 2. The van der Waals surface area contributed by atoms with Crippen LogP contribution in [0.3, 0.4) is 0 Å². The topological polar surface area (TPSA) is 79.4 Å². The number of aromatic nitrogens is 2. The molecule has 4 rings (SSSR count). The highest BCUT2D eigenvalue weighted by Crippen LogP contribution is 2.24. The van der Waals surface area contributed by atoms with E-state index in [0.717, 1.165) is 48.7 Å². The molecule has 0 unspecified atom stereocenters. The highest BCUT2D eigenvalue weighted by molar-refractivity contribution is 6.04. The van der Waals surface area contributed by atoms with E-state index in [1.54, 1.807) is 18.3 Å². The zero-order chi connectivity index (χ0) is 22.9. The monoisotopic (exact) mass is 445 g/mol. The van der Waals surface area contributed by atoms with Crippen LogP contribution in [0.2, 0.25) is 0 Å². The molecular formula is C26H31N5O2. The smallest absolute Gasteiger partial charge is 0.255 e. The second kappa shape index (κ2) is 11.3. The molecule has 1 amide bonds. The Kier molecular flexibility index (Phi) is 7.74. The van der Waals surface area contributed by atoms with E-state index in [1.807, 2.05) is 42.5 Å². The third-order valence-corrected chi connectivity index (χ3v) is 5.66. The number of rotatable bonds is 10. The zero-order valence-corrected chi connectivity index (χ0v) is 19.1. The van der Waals surface area contributed by atoms with Gasteiger partial charge < -0.3 is 20.3 Å². The molecule has 1 aliphatic heterocycles. The molecule has 0 bridgehead atoms. The zero-order valence-electron chi connectivity index (χ0n) is 19.1. The fourth-order valence-corrected chi connectivity index (χ4v) is 3.80. The van der Waals surface area contributed by atoms with Gasteiger partial charge in [-0.05, 0) is 67.8 Å². The summed E-state index contributed by atoms with van der Waals surface area (Å²) in [4.78, 5) is 14.9. The third kappa shape index (κ3) is 6.44. The van der Waals surface area contributed by atoms with E-state index in [9.17, 15) is 4.79 Å². The van der Waals surface area contributed by atoms with E-state index in [0.29, 0.717) is 18.0 Å². The molecule has 7 heteroatoms. The van der Waals surface area contributed by atoms with Gasteiger partial charge in [-0.25, -0.2) is 0 Å². The minimum atomic E-state index is -0.155. The van der Waals surface area contributed by atoms with Gasteiger partial charge in [0.1, 0.15) is 5.75 Å². The van der Waals surface area contributed by atoms with E-state index >= 15 is 0 Å². The first-order valence-corrected chi connectivity index (χ1v) is 11.7. The average Bonchev–Trinajstić information content (AvgIpc) is 3.39. The van der Waals surface area contributed by atoms with Crippen molar-refractivity contribution in [2.75, 3.05) is 35.2 Å². The summed E-state index contributed by atoms with van der Waals surface area (Å²) in [5.74, 6) is 1.33. The van der Waals surface area contributed by atoms with Crippen molar-refractivity contribution < 1.29 is 9.53 Å². The summed E-state index contributed by atoms with van der Waals surface area (Å²) in [6.45, 7) is 5.00. The number of hydrogen-bond donors (Lipinski definition) is 2. The average molecular weight is 446 g/mol. The number of benzene rings is 2. The number of nitrogens with zero attached hydrogens (tertiary/aromatic N) is 3. The Morgan fingerprint density at radius 3 is 2.45 bits per heavy atom. The van der Waals surface area contributed by atoms with Gasteiger partial charge in [0.2, 0.25) is 0 Å². The van der Waals surface area contributed by atoms with Gasteiger partial charge in [-0.3, -0.25) is 4.79 Å². The summed E-state index contributed by atoms with van der Waals surface area (Å²) in [5.41, 5.74) is 3.28. The Morgan fingerprint density at radius 1 is 1.00 bits per heavy atom. The second-order valence-electron chi connectivity index (χ2n) is 8.23. The molecule has 2 N–H and O–H groups in total. The number of ether oxygens (including phenoxy) is 1. The van der Waals surface area contributed by atoms with Crippen LogP contribution in [0.1, 0.15) is 49.4 Å². The van der Waals surface area contributed by atoms with Gasteiger partial charge in [0, 0.05) is 36.1 Å². The van der Waals surface area contributed by atoms with Gasteiger partial charge in [0.05, 0.1) is 18.5 Å². The van der Waals surface area contributed by atoms with Gasteiger partial charge in [-0.2, -0.15) is 5.10 Å². The molecule has 33 heavy (non-hydrogen) atoms. The van der Waals surface area contributed by atoms with Crippen LogP contribution in [-0.4, -0.2) is 35.8 Å². The first kappa shape index (κ1) is 22.6. The summed E-state index contributed by atoms with van der Waals surface area (Å²) in [6, 6.07) is 16.8. The largest absolute Gasteiger partial charge is 0.494 e. The normalized spacial score (nSPS) is 13.1. The SMILES string of the molecule is CCCCCOc1ccc(C(=O)Nc2ccc(Nc3cc(N4CCCC4)cnn3)cc2)cc1. The second-order valence-corrected chi connectivity index (χ2v) is 8.23. The van der Waals surface area contributed by atoms with Gasteiger partial charge in [0.25, 0.3) is 5.91 Å². The maximum Gasteiger partial charge on any atom is 0.255 e. The van der Waals surface area contributed by atoms with E-state index < -0.39 is 0 Å². The molecule has 0 atom stereocenters. The lowest BCUT2D eigenvalue weighted by molar-refractivity contribution is 0.102. The molecule has 172 valence electrons. The van der Waals surface area contributed by atoms with Crippen molar-refractivity contribution in [1.29, 1.82) is 0 Å². The van der Waals surface area contributed by atoms with Crippen molar-refractivity contribution >= 4 is 28.8 Å². The lowest BCUT2D eigenvalue weighted by Crippen LogP contribution is -2.18. The molecule has 1 saturated heterocycles.